The Hall–Kier alpha value is -3.93. The minimum Gasteiger partial charge on any atom is -0.455 e. The number of hydrogen-bond donors (Lipinski definition) is 2. The van der Waals surface area contributed by atoms with Crippen molar-refractivity contribution in [3.05, 3.63) is 96.8 Å². The largest absolute Gasteiger partial charge is 0.455 e. The summed E-state index contributed by atoms with van der Waals surface area (Å²) >= 11 is 0. The Morgan fingerprint density at radius 3 is 2.54 bits per heavy atom. The molecule has 0 fully saturated rings. The molecule has 3 aromatic rings. The van der Waals surface area contributed by atoms with Crippen LogP contribution in [0.25, 0.3) is 0 Å². The number of carbonyl (C=O) groups is 2. The predicted octanol–water partition coefficient (Wildman–Crippen LogP) is 4.04. The molecule has 28 heavy (non-hydrogen) atoms. The van der Waals surface area contributed by atoms with Gasteiger partial charge >= 0.3 is 0 Å². The molecule has 2 amide bonds. The number of nitrogens with zero attached hydrogens (tertiary/aromatic N) is 1. The van der Waals surface area contributed by atoms with E-state index in [1.807, 2.05) is 36.4 Å². The minimum absolute atomic E-state index is 0.156. The van der Waals surface area contributed by atoms with Gasteiger partial charge in [0, 0.05) is 18.3 Å². The molecule has 3 rings (SSSR count). The lowest BCUT2D eigenvalue weighted by Gasteiger charge is -2.12. The molecular formula is C22H19N3O3. The van der Waals surface area contributed by atoms with Gasteiger partial charge in [-0.2, -0.15) is 0 Å². The van der Waals surface area contributed by atoms with Gasteiger partial charge in [-0.1, -0.05) is 36.4 Å². The minimum atomic E-state index is -0.373. The van der Waals surface area contributed by atoms with Crippen LogP contribution in [-0.4, -0.2) is 23.3 Å². The van der Waals surface area contributed by atoms with Crippen LogP contribution in [0.3, 0.4) is 0 Å². The van der Waals surface area contributed by atoms with Crippen LogP contribution in [0, 0.1) is 0 Å². The summed E-state index contributed by atoms with van der Waals surface area (Å²) in [5, 5.41) is 5.45. The molecule has 0 bridgehead atoms. The summed E-state index contributed by atoms with van der Waals surface area (Å²) in [7, 11) is 0. The van der Waals surface area contributed by atoms with Crippen molar-refractivity contribution in [2.45, 2.75) is 0 Å². The highest BCUT2D eigenvalue weighted by Crippen LogP contribution is 2.29. The topological polar surface area (TPSA) is 80.3 Å². The van der Waals surface area contributed by atoms with Crippen LogP contribution in [0.15, 0.2) is 85.6 Å². The maximum absolute atomic E-state index is 12.7. The van der Waals surface area contributed by atoms with E-state index in [1.165, 1.54) is 12.3 Å². The molecule has 0 atom stereocenters. The average molecular weight is 373 g/mol. The Morgan fingerprint density at radius 1 is 1.00 bits per heavy atom. The van der Waals surface area contributed by atoms with E-state index in [1.54, 1.807) is 30.3 Å². The number of para-hydroxylation sites is 3. The number of benzene rings is 2. The van der Waals surface area contributed by atoms with Crippen molar-refractivity contribution >= 4 is 17.5 Å². The van der Waals surface area contributed by atoms with E-state index >= 15 is 0 Å². The first-order valence-electron chi connectivity index (χ1n) is 8.66. The Balaban J connectivity index is 1.77. The first-order valence-corrected chi connectivity index (χ1v) is 8.66. The van der Waals surface area contributed by atoms with Crippen LogP contribution >= 0.6 is 0 Å². The summed E-state index contributed by atoms with van der Waals surface area (Å²) < 4.78 is 5.85. The fourth-order valence-electron chi connectivity index (χ4n) is 2.42. The summed E-state index contributed by atoms with van der Waals surface area (Å²) in [6.45, 7) is 3.87. The molecule has 2 aromatic carbocycles. The Bertz CT molecular complexity index is 987. The number of aromatic nitrogens is 1. The van der Waals surface area contributed by atoms with Crippen LogP contribution in [0.5, 0.6) is 11.5 Å². The van der Waals surface area contributed by atoms with Crippen LogP contribution in [0.2, 0.25) is 0 Å². The summed E-state index contributed by atoms with van der Waals surface area (Å²) in [6.07, 6.45) is 2.99. The fraction of sp³-hybridized carbons (Fsp3) is 0.0455. The molecule has 2 N–H and O–H groups in total. The molecule has 0 radical (unpaired) electrons. The number of hydrogen-bond acceptors (Lipinski definition) is 4. The lowest BCUT2D eigenvalue weighted by molar-refractivity contribution is 0.0953. The first kappa shape index (κ1) is 18.8. The predicted molar refractivity (Wildman–Crippen MR) is 108 cm³/mol. The molecular weight excluding hydrogens is 354 g/mol. The van der Waals surface area contributed by atoms with E-state index in [9.17, 15) is 9.59 Å². The number of nitrogens with one attached hydrogen (secondary N) is 2. The van der Waals surface area contributed by atoms with Crippen molar-refractivity contribution in [3.8, 4) is 11.5 Å². The van der Waals surface area contributed by atoms with Crippen molar-refractivity contribution in [1.29, 1.82) is 0 Å². The van der Waals surface area contributed by atoms with Crippen molar-refractivity contribution < 1.29 is 14.3 Å². The zero-order valence-corrected chi connectivity index (χ0v) is 15.1. The molecule has 140 valence electrons. The fourth-order valence-corrected chi connectivity index (χ4v) is 2.42. The molecule has 0 unspecified atom stereocenters. The second-order valence-electron chi connectivity index (χ2n) is 5.79. The van der Waals surface area contributed by atoms with E-state index in [0.29, 0.717) is 29.3 Å². The quantitative estimate of drug-likeness (QED) is 0.613. The SMILES string of the molecule is C=CCNC(=O)c1cc(C(=O)Nc2ccccc2Oc2ccccc2)ccn1. The van der Waals surface area contributed by atoms with Gasteiger partial charge in [-0.3, -0.25) is 14.6 Å². The van der Waals surface area contributed by atoms with Crippen molar-refractivity contribution in [2.75, 3.05) is 11.9 Å². The number of pyridine rings is 1. The van der Waals surface area contributed by atoms with Crippen LogP contribution in [0.4, 0.5) is 5.69 Å². The lowest BCUT2D eigenvalue weighted by atomic mass is 10.2. The lowest BCUT2D eigenvalue weighted by Crippen LogP contribution is -2.24. The zero-order valence-electron chi connectivity index (χ0n) is 15.1. The smallest absolute Gasteiger partial charge is 0.270 e. The summed E-state index contributed by atoms with van der Waals surface area (Å²) in [5.41, 5.74) is 0.988. The summed E-state index contributed by atoms with van der Waals surface area (Å²) in [5.74, 6) is 0.431. The molecule has 1 heterocycles. The second-order valence-corrected chi connectivity index (χ2v) is 5.79. The number of rotatable bonds is 7. The Kier molecular flexibility index (Phi) is 6.15. The summed E-state index contributed by atoms with van der Waals surface area (Å²) in [4.78, 5) is 28.7. The van der Waals surface area contributed by atoms with Gasteiger partial charge in [0.25, 0.3) is 11.8 Å². The average Bonchev–Trinajstić information content (AvgIpc) is 2.74. The Morgan fingerprint density at radius 2 is 1.75 bits per heavy atom. The zero-order chi connectivity index (χ0) is 19.8. The molecule has 1 aromatic heterocycles. The summed E-state index contributed by atoms with van der Waals surface area (Å²) in [6, 6.07) is 19.4. The normalized spacial score (nSPS) is 10.0. The van der Waals surface area contributed by atoms with E-state index in [4.69, 9.17) is 4.74 Å². The highest BCUT2D eigenvalue weighted by atomic mass is 16.5. The molecule has 0 aliphatic rings. The number of ether oxygens (including phenoxy) is 1. The van der Waals surface area contributed by atoms with Crippen LogP contribution in [0.1, 0.15) is 20.8 Å². The van der Waals surface area contributed by atoms with Gasteiger partial charge in [-0.25, -0.2) is 0 Å². The number of carbonyl (C=O) groups excluding carboxylic acids is 2. The number of amides is 2. The van der Waals surface area contributed by atoms with Gasteiger partial charge in [0.15, 0.2) is 5.75 Å². The van der Waals surface area contributed by atoms with E-state index in [0.717, 1.165) is 0 Å². The van der Waals surface area contributed by atoms with Crippen molar-refractivity contribution in [3.63, 3.8) is 0 Å². The van der Waals surface area contributed by atoms with E-state index in [2.05, 4.69) is 22.2 Å². The molecule has 0 saturated carbocycles. The molecule has 6 nitrogen and oxygen atoms in total. The first-order chi connectivity index (χ1) is 13.7. The van der Waals surface area contributed by atoms with Gasteiger partial charge in [0.05, 0.1) is 5.69 Å². The second kappa shape index (κ2) is 9.14. The van der Waals surface area contributed by atoms with Gasteiger partial charge < -0.3 is 15.4 Å². The Labute approximate surface area is 162 Å². The van der Waals surface area contributed by atoms with Crippen LogP contribution in [-0.2, 0) is 0 Å². The molecule has 0 saturated heterocycles. The van der Waals surface area contributed by atoms with E-state index in [-0.39, 0.29) is 17.5 Å². The third kappa shape index (κ3) is 4.82. The van der Waals surface area contributed by atoms with Crippen molar-refractivity contribution in [1.82, 2.24) is 10.3 Å². The van der Waals surface area contributed by atoms with E-state index < -0.39 is 0 Å². The maximum atomic E-state index is 12.7. The molecule has 0 aliphatic carbocycles. The maximum Gasteiger partial charge on any atom is 0.270 e. The van der Waals surface area contributed by atoms with Gasteiger partial charge in [-0.15, -0.1) is 6.58 Å². The van der Waals surface area contributed by atoms with Gasteiger partial charge in [0.2, 0.25) is 0 Å². The molecule has 0 spiro atoms. The third-order valence-corrected chi connectivity index (χ3v) is 3.77. The van der Waals surface area contributed by atoms with Crippen LogP contribution < -0.4 is 15.4 Å². The standard InChI is InChI=1S/C22H19N3O3/c1-2-13-24-22(27)19-15-16(12-14-23-19)21(26)25-18-10-6-7-11-20(18)28-17-8-4-3-5-9-17/h2-12,14-15H,1,13H2,(H,24,27)(H,25,26). The highest BCUT2D eigenvalue weighted by molar-refractivity contribution is 6.06. The molecule has 0 aliphatic heterocycles. The van der Waals surface area contributed by atoms with Crippen molar-refractivity contribution in [2.24, 2.45) is 0 Å². The van der Waals surface area contributed by atoms with Gasteiger partial charge in [0.1, 0.15) is 11.4 Å². The highest BCUT2D eigenvalue weighted by Gasteiger charge is 2.13. The molecule has 6 heteroatoms. The third-order valence-electron chi connectivity index (χ3n) is 3.77. The monoisotopic (exact) mass is 373 g/mol. The number of anilines is 1. The van der Waals surface area contributed by atoms with Gasteiger partial charge in [-0.05, 0) is 36.4 Å².